The highest BCUT2D eigenvalue weighted by Crippen LogP contribution is 2.19. The van der Waals surface area contributed by atoms with Gasteiger partial charge in [-0.3, -0.25) is 0 Å². The van der Waals surface area contributed by atoms with E-state index in [1.54, 1.807) is 13.0 Å². The second-order valence-electron chi connectivity index (χ2n) is 4.53. The fourth-order valence-corrected chi connectivity index (χ4v) is 3.09. The molecule has 2 N–H and O–H groups in total. The molecule has 0 amide bonds. The van der Waals surface area contributed by atoms with E-state index in [9.17, 15) is 8.42 Å². The molecular formula is C13H24N2O4S. The molecule has 1 aromatic rings. The van der Waals surface area contributed by atoms with E-state index in [4.69, 9.17) is 9.15 Å². The maximum absolute atomic E-state index is 12.2. The molecule has 1 rings (SSSR count). The van der Waals surface area contributed by atoms with Crippen molar-refractivity contribution in [2.75, 3.05) is 19.7 Å². The lowest BCUT2D eigenvalue weighted by molar-refractivity contribution is 0.0799. The molecule has 1 aromatic heterocycles. The molecule has 1 heterocycles. The molecule has 116 valence electrons. The van der Waals surface area contributed by atoms with Gasteiger partial charge < -0.3 is 14.5 Å². The van der Waals surface area contributed by atoms with Gasteiger partial charge in [0.05, 0.1) is 12.6 Å². The molecule has 0 aliphatic rings. The standard InChI is InChI=1S/C13H24N2O4S/c1-5-14-9-12-7-13(11(4)19-12)20(16,17)15-8-10(3)18-6-2/h7,10,14-15H,5-6,8-9H2,1-4H3. The van der Waals surface area contributed by atoms with E-state index in [1.165, 1.54) is 0 Å². The predicted molar refractivity (Wildman–Crippen MR) is 77.1 cm³/mol. The molecule has 0 aliphatic carbocycles. The molecule has 7 heteroatoms. The van der Waals surface area contributed by atoms with Gasteiger partial charge in [0.15, 0.2) is 0 Å². The van der Waals surface area contributed by atoms with Gasteiger partial charge in [-0.2, -0.15) is 0 Å². The molecule has 6 nitrogen and oxygen atoms in total. The predicted octanol–water partition coefficient (Wildman–Crippen LogP) is 1.40. The molecule has 0 saturated heterocycles. The van der Waals surface area contributed by atoms with Crippen LogP contribution in [0, 0.1) is 6.92 Å². The summed E-state index contributed by atoms with van der Waals surface area (Å²) in [4.78, 5) is 0.189. The first-order valence-corrected chi connectivity index (χ1v) is 8.30. The first-order valence-electron chi connectivity index (χ1n) is 6.82. The van der Waals surface area contributed by atoms with Crippen LogP contribution in [0.3, 0.4) is 0 Å². The van der Waals surface area contributed by atoms with E-state index in [0.717, 1.165) is 6.54 Å². The third kappa shape index (κ3) is 4.90. The highest BCUT2D eigenvalue weighted by atomic mass is 32.2. The van der Waals surface area contributed by atoms with Crippen molar-refractivity contribution in [3.63, 3.8) is 0 Å². The summed E-state index contributed by atoms with van der Waals surface area (Å²) in [5, 5.41) is 3.09. The van der Waals surface area contributed by atoms with Crippen molar-refractivity contribution in [2.24, 2.45) is 0 Å². The largest absolute Gasteiger partial charge is 0.464 e. The summed E-state index contributed by atoms with van der Waals surface area (Å²) in [6, 6.07) is 1.56. The second-order valence-corrected chi connectivity index (χ2v) is 6.27. The summed E-state index contributed by atoms with van der Waals surface area (Å²) in [6.07, 6.45) is -0.164. The summed E-state index contributed by atoms with van der Waals surface area (Å²) in [5.74, 6) is 1.01. The van der Waals surface area contributed by atoms with Crippen LogP contribution in [-0.4, -0.2) is 34.2 Å². The zero-order valence-electron chi connectivity index (χ0n) is 12.5. The van der Waals surface area contributed by atoms with Crippen LogP contribution >= 0.6 is 0 Å². The first-order chi connectivity index (χ1) is 9.40. The Morgan fingerprint density at radius 2 is 2.10 bits per heavy atom. The minimum atomic E-state index is -3.56. The summed E-state index contributed by atoms with van der Waals surface area (Å²) in [5.41, 5.74) is 0. The van der Waals surface area contributed by atoms with Gasteiger partial charge in [-0.15, -0.1) is 0 Å². The third-order valence-corrected chi connectivity index (χ3v) is 4.31. The van der Waals surface area contributed by atoms with Gasteiger partial charge in [-0.1, -0.05) is 6.92 Å². The van der Waals surface area contributed by atoms with Gasteiger partial charge in [-0.25, -0.2) is 13.1 Å². The van der Waals surface area contributed by atoms with Crippen LogP contribution in [0.5, 0.6) is 0 Å². The number of ether oxygens (including phenoxy) is 1. The lowest BCUT2D eigenvalue weighted by Crippen LogP contribution is -2.32. The average Bonchev–Trinajstić information content (AvgIpc) is 2.76. The fourth-order valence-electron chi connectivity index (χ4n) is 1.77. The Bertz CT molecular complexity index is 510. The third-order valence-electron chi connectivity index (χ3n) is 2.77. The van der Waals surface area contributed by atoms with Crippen molar-refractivity contribution in [2.45, 2.75) is 45.2 Å². The first kappa shape index (κ1) is 17.2. The van der Waals surface area contributed by atoms with Gasteiger partial charge in [0.2, 0.25) is 10.0 Å². The van der Waals surface area contributed by atoms with Gasteiger partial charge in [0.25, 0.3) is 0 Å². The molecule has 0 aromatic carbocycles. The number of hydrogen-bond donors (Lipinski definition) is 2. The van der Waals surface area contributed by atoms with Crippen LogP contribution in [0.15, 0.2) is 15.4 Å². The van der Waals surface area contributed by atoms with Crippen molar-refractivity contribution in [3.05, 3.63) is 17.6 Å². The minimum absolute atomic E-state index is 0.164. The van der Waals surface area contributed by atoms with Gasteiger partial charge in [0.1, 0.15) is 16.4 Å². The van der Waals surface area contributed by atoms with Crippen LogP contribution < -0.4 is 10.0 Å². The number of sulfonamides is 1. The molecule has 20 heavy (non-hydrogen) atoms. The molecule has 0 radical (unpaired) electrons. The van der Waals surface area contributed by atoms with Crippen LogP contribution in [0.4, 0.5) is 0 Å². The highest BCUT2D eigenvalue weighted by molar-refractivity contribution is 7.89. The molecule has 0 aliphatic heterocycles. The summed E-state index contributed by atoms with van der Waals surface area (Å²) < 4.78 is 37.7. The Hall–Kier alpha value is -0.890. The molecule has 0 spiro atoms. The van der Waals surface area contributed by atoms with Gasteiger partial charge in [0, 0.05) is 19.2 Å². The smallest absolute Gasteiger partial charge is 0.244 e. The van der Waals surface area contributed by atoms with E-state index in [-0.39, 0.29) is 17.5 Å². The van der Waals surface area contributed by atoms with Crippen LogP contribution in [0.2, 0.25) is 0 Å². The monoisotopic (exact) mass is 304 g/mol. The molecule has 1 atom stereocenters. The van der Waals surface area contributed by atoms with Crippen molar-refractivity contribution >= 4 is 10.0 Å². The topological polar surface area (TPSA) is 80.6 Å². The highest BCUT2D eigenvalue weighted by Gasteiger charge is 2.21. The zero-order valence-corrected chi connectivity index (χ0v) is 13.3. The second kappa shape index (κ2) is 7.78. The Balaban J connectivity index is 2.74. The number of hydrogen-bond acceptors (Lipinski definition) is 5. The van der Waals surface area contributed by atoms with Gasteiger partial charge in [-0.05, 0) is 27.3 Å². The molecular weight excluding hydrogens is 280 g/mol. The van der Waals surface area contributed by atoms with Crippen LogP contribution in [-0.2, 0) is 21.3 Å². The zero-order chi connectivity index (χ0) is 15.2. The van der Waals surface area contributed by atoms with E-state index < -0.39 is 10.0 Å². The van der Waals surface area contributed by atoms with Crippen molar-refractivity contribution < 1.29 is 17.6 Å². The maximum atomic E-state index is 12.2. The Morgan fingerprint density at radius 3 is 2.70 bits per heavy atom. The summed E-state index contributed by atoms with van der Waals surface area (Å²) in [6.45, 7) is 9.43. The lowest BCUT2D eigenvalue weighted by atomic mass is 10.4. The molecule has 0 fully saturated rings. The van der Waals surface area contributed by atoms with E-state index >= 15 is 0 Å². The quantitative estimate of drug-likeness (QED) is 0.721. The van der Waals surface area contributed by atoms with Gasteiger partial charge >= 0.3 is 0 Å². The number of nitrogens with one attached hydrogen (secondary N) is 2. The van der Waals surface area contributed by atoms with E-state index in [1.807, 2.05) is 20.8 Å². The minimum Gasteiger partial charge on any atom is -0.464 e. The van der Waals surface area contributed by atoms with Crippen molar-refractivity contribution in [1.82, 2.24) is 10.0 Å². The normalized spacial score (nSPS) is 13.6. The summed E-state index contributed by atoms with van der Waals surface area (Å²) >= 11 is 0. The molecule has 0 bridgehead atoms. The number of aryl methyl sites for hydroxylation is 1. The van der Waals surface area contributed by atoms with Crippen molar-refractivity contribution in [1.29, 1.82) is 0 Å². The Morgan fingerprint density at radius 1 is 1.40 bits per heavy atom. The van der Waals surface area contributed by atoms with Crippen LogP contribution in [0.1, 0.15) is 32.3 Å². The summed E-state index contributed by atoms with van der Waals surface area (Å²) in [7, 11) is -3.56. The maximum Gasteiger partial charge on any atom is 0.244 e. The molecule has 0 saturated carbocycles. The lowest BCUT2D eigenvalue weighted by Gasteiger charge is -2.12. The fraction of sp³-hybridized carbons (Fsp3) is 0.692. The van der Waals surface area contributed by atoms with Crippen molar-refractivity contribution in [3.8, 4) is 0 Å². The average molecular weight is 304 g/mol. The number of furan rings is 1. The Labute approximate surface area is 120 Å². The van der Waals surface area contributed by atoms with Crippen LogP contribution in [0.25, 0.3) is 0 Å². The Kier molecular flexibility index (Phi) is 6.67. The van der Waals surface area contributed by atoms with E-state index in [0.29, 0.717) is 24.7 Å². The number of rotatable bonds is 9. The molecule has 1 unspecified atom stereocenters. The SMILES string of the molecule is CCNCc1cc(S(=O)(=O)NCC(C)OCC)c(C)o1. The van der Waals surface area contributed by atoms with E-state index in [2.05, 4.69) is 10.0 Å².